The maximum absolute atomic E-state index is 5.84. The molecule has 0 bridgehead atoms. The van der Waals surface area contributed by atoms with E-state index in [9.17, 15) is 0 Å². The number of benzene rings is 6. The Morgan fingerprint density at radius 2 is 1.47 bits per heavy atom. The van der Waals surface area contributed by atoms with E-state index in [4.69, 9.17) is 5.73 Å². The second-order valence-electron chi connectivity index (χ2n) is 15.2. The maximum Gasteiger partial charge on any atom is 0.300 e. The molecule has 57 heavy (non-hydrogen) atoms. The van der Waals surface area contributed by atoms with Crippen LogP contribution in [0.4, 0.5) is 0 Å². The molecular weight excluding hydrogens is 691 g/mol. The van der Waals surface area contributed by atoms with Gasteiger partial charge in [-0.25, -0.2) is 0 Å². The fourth-order valence-corrected chi connectivity index (χ4v) is 8.72. The topological polar surface area (TPSA) is 45.0 Å². The molecule has 0 saturated carbocycles. The summed E-state index contributed by atoms with van der Waals surface area (Å²) in [4.78, 5) is 0. The minimum atomic E-state index is 0.261. The van der Waals surface area contributed by atoms with E-state index in [1.165, 1.54) is 82.8 Å². The van der Waals surface area contributed by atoms with Crippen LogP contribution in [0.3, 0.4) is 0 Å². The van der Waals surface area contributed by atoms with Crippen molar-refractivity contribution < 1.29 is 0 Å². The molecule has 0 saturated heterocycles. The van der Waals surface area contributed by atoms with Crippen molar-refractivity contribution in [3.8, 4) is 16.8 Å². The van der Waals surface area contributed by atoms with Crippen molar-refractivity contribution in [3.05, 3.63) is 202 Å². The Morgan fingerprint density at radius 3 is 2.23 bits per heavy atom. The fraction of sp³-hybridized carbons (Fsp3) is 0.111. The van der Waals surface area contributed by atoms with Gasteiger partial charge >= 0.3 is 6.21 Å². The maximum atomic E-state index is 5.84. The second kappa shape index (κ2) is 15.0. The molecule has 3 heteroatoms. The highest BCUT2D eigenvalue weighted by atomic mass is 15.0. The highest BCUT2D eigenvalue weighted by Gasteiger charge is 2.25. The monoisotopic (exact) mass is 736 g/mol. The van der Waals surface area contributed by atoms with Gasteiger partial charge in [0.1, 0.15) is 0 Å². The average molecular weight is 737 g/mol. The first-order valence-corrected chi connectivity index (χ1v) is 19.9. The Balaban J connectivity index is 1.06. The molecule has 1 atom stereocenters. The second-order valence-corrected chi connectivity index (χ2v) is 15.2. The molecule has 2 heterocycles. The van der Waals surface area contributed by atoms with Crippen LogP contribution in [0.15, 0.2) is 174 Å². The Bertz CT molecular complexity index is 2990. The SMILES string of the molecule is C/C=C(C(\C)=C/N)/C(/C=C\c1ccc(-c2ccc3c(ccc4c5c(n(-c6ccccc6)c43)CC(c3ccc4ccc(C6=C(C)C=[N+]=C6)cc4c3)C=C5)c2)cc1)=C/C. The molecule has 1 aromatic heterocycles. The number of rotatable bonds is 8. The Labute approximate surface area is 335 Å². The van der Waals surface area contributed by atoms with Gasteiger partial charge in [-0.1, -0.05) is 138 Å². The molecule has 0 amide bonds. The number of aromatic nitrogens is 1. The van der Waals surface area contributed by atoms with Crippen LogP contribution in [0.25, 0.3) is 67.0 Å². The number of fused-ring (bicyclic) bond motifs is 6. The number of nitrogens with two attached hydrogens (primary N) is 1. The molecule has 2 aliphatic rings. The van der Waals surface area contributed by atoms with Gasteiger partial charge in [0.25, 0.3) is 6.21 Å². The molecule has 1 unspecified atom stereocenters. The first-order valence-electron chi connectivity index (χ1n) is 19.9. The van der Waals surface area contributed by atoms with E-state index in [0.29, 0.717) is 0 Å². The zero-order valence-electron chi connectivity index (χ0n) is 33.0. The number of hydrogen-bond donors (Lipinski definition) is 1. The lowest BCUT2D eigenvalue weighted by Crippen LogP contribution is -2.10. The molecule has 7 aromatic rings. The van der Waals surface area contributed by atoms with Crippen molar-refractivity contribution in [2.75, 3.05) is 0 Å². The number of para-hydroxylation sites is 1. The van der Waals surface area contributed by atoms with Gasteiger partial charge in [-0.15, -0.1) is 0 Å². The summed E-state index contributed by atoms with van der Waals surface area (Å²) in [6, 6.07) is 45.0. The predicted octanol–water partition coefficient (Wildman–Crippen LogP) is 12.7. The fourth-order valence-electron chi connectivity index (χ4n) is 8.72. The van der Waals surface area contributed by atoms with E-state index < -0.39 is 0 Å². The van der Waals surface area contributed by atoms with Crippen LogP contribution in [0, 0.1) is 0 Å². The predicted molar refractivity (Wildman–Crippen MR) is 247 cm³/mol. The highest BCUT2D eigenvalue weighted by molar-refractivity contribution is 6.20. The minimum absolute atomic E-state index is 0.261. The van der Waals surface area contributed by atoms with Crippen LogP contribution in [0.1, 0.15) is 61.6 Å². The lowest BCUT2D eigenvalue weighted by Gasteiger charge is -2.21. The first-order chi connectivity index (χ1) is 27.9. The van der Waals surface area contributed by atoms with E-state index in [2.05, 4.69) is 188 Å². The number of hydrogen-bond acceptors (Lipinski definition) is 1. The van der Waals surface area contributed by atoms with Crippen LogP contribution in [0.2, 0.25) is 0 Å². The van der Waals surface area contributed by atoms with E-state index in [0.717, 1.165) is 28.7 Å². The van der Waals surface area contributed by atoms with Gasteiger partial charge < -0.3 is 10.3 Å². The largest absolute Gasteiger partial charge is 0.404 e. The van der Waals surface area contributed by atoms with Crippen molar-refractivity contribution in [3.63, 3.8) is 0 Å². The quantitative estimate of drug-likeness (QED) is 0.123. The van der Waals surface area contributed by atoms with Gasteiger partial charge in [-0.3, -0.25) is 0 Å². The molecule has 3 nitrogen and oxygen atoms in total. The lowest BCUT2D eigenvalue weighted by atomic mass is 9.86. The van der Waals surface area contributed by atoms with Crippen LogP contribution >= 0.6 is 0 Å². The summed E-state index contributed by atoms with van der Waals surface area (Å²) in [5.74, 6) is 0.261. The molecule has 0 fully saturated rings. The van der Waals surface area contributed by atoms with Crippen molar-refractivity contribution >= 4 is 62.6 Å². The summed E-state index contributed by atoms with van der Waals surface area (Å²) in [6.45, 7) is 8.29. The molecule has 0 radical (unpaired) electrons. The van der Waals surface area contributed by atoms with Crippen LogP contribution in [-0.2, 0) is 6.42 Å². The van der Waals surface area contributed by atoms with Gasteiger partial charge in [-0.05, 0) is 125 Å². The van der Waals surface area contributed by atoms with Gasteiger partial charge in [0, 0.05) is 39.2 Å². The van der Waals surface area contributed by atoms with Gasteiger partial charge in [-0.2, -0.15) is 0 Å². The zero-order valence-corrected chi connectivity index (χ0v) is 33.0. The smallest absolute Gasteiger partial charge is 0.300 e. The van der Waals surface area contributed by atoms with E-state index >= 15 is 0 Å². The highest BCUT2D eigenvalue weighted by Crippen LogP contribution is 2.42. The third-order valence-corrected chi connectivity index (χ3v) is 11.8. The molecule has 276 valence electrons. The molecule has 2 N–H and O–H groups in total. The third-order valence-electron chi connectivity index (χ3n) is 11.8. The first kappa shape index (κ1) is 35.8. The standard InChI is InChI=1S/C54H46N3/c1-5-38(48(6-2)35(3)32-55)15-12-37-13-16-39(17-14-37)41-22-25-49-44(28-41)24-27-51-50-26-23-43(31-53(50)57(54(49)51)47-10-8-7-9-11-47)42-20-18-40-19-21-45(30-46(40)29-42)52-34-56-33-36(52)4/h5-30,32-34,43H,31,55H2,1-4H3/q+1/b15-12-,35-32-,38-5+,48-6+. The Morgan fingerprint density at radius 1 is 0.737 bits per heavy atom. The van der Waals surface area contributed by atoms with Crippen LogP contribution < -0.4 is 10.4 Å². The minimum Gasteiger partial charge on any atom is -0.404 e. The normalized spacial score (nSPS) is 15.9. The van der Waals surface area contributed by atoms with Gasteiger partial charge in [0.2, 0.25) is 0 Å². The van der Waals surface area contributed by atoms with E-state index in [1.54, 1.807) is 6.20 Å². The summed E-state index contributed by atoms with van der Waals surface area (Å²) >= 11 is 0. The Hall–Kier alpha value is -6.93. The molecule has 9 rings (SSSR count). The summed E-state index contributed by atoms with van der Waals surface area (Å²) in [5, 5.41) is 6.30. The molecule has 0 spiro atoms. The third kappa shape index (κ3) is 6.53. The van der Waals surface area contributed by atoms with Crippen molar-refractivity contribution in [1.29, 1.82) is 0 Å². The van der Waals surface area contributed by atoms with E-state index in [1.807, 2.05) is 19.4 Å². The summed E-state index contributed by atoms with van der Waals surface area (Å²) in [7, 11) is 0. The van der Waals surface area contributed by atoms with Crippen LogP contribution in [-0.4, -0.2) is 17.0 Å². The lowest BCUT2D eigenvalue weighted by molar-refractivity contribution is 0.784. The summed E-state index contributed by atoms with van der Waals surface area (Å²) < 4.78 is 6.91. The van der Waals surface area contributed by atoms with Crippen molar-refractivity contribution in [1.82, 2.24) is 9.24 Å². The molecule has 1 aliphatic carbocycles. The zero-order chi connectivity index (χ0) is 39.0. The Kier molecular flexibility index (Phi) is 9.38. The molecule has 1 aliphatic heterocycles. The summed E-state index contributed by atoms with van der Waals surface area (Å²) in [6.07, 6.45) is 19.9. The molecular formula is C54H46N3+. The number of nitrogens with zero attached hydrogens (tertiary/aromatic N) is 2. The van der Waals surface area contributed by atoms with Gasteiger partial charge in [0.05, 0.1) is 11.1 Å². The van der Waals surface area contributed by atoms with Crippen molar-refractivity contribution in [2.24, 2.45) is 5.73 Å². The van der Waals surface area contributed by atoms with E-state index in [-0.39, 0.29) is 5.92 Å². The number of allylic oxidation sites excluding steroid dienone is 9. The van der Waals surface area contributed by atoms with Crippen molar-refractivity contribution in [2.45, 2.75) is 40.0 Å². The van der Waals surface area contributed by atoms with Crippen LogP contribution in [0.5, 0.6) is 0 Å². The summed E-state index contributed by atoms with van der Waals surface area (Å²) in [5.41, 5.74) is 22.9. The average Bonchev–Trinajstić information content (AvgIpc) is 3.85. The van der Waals surface area contributed by atoms with Gasteiger partial charge in [0.15, 0.2) is 0 Å². The molecule has 6 aromatic carbocycles.